The number of aromatic nitrogens is 2. The maximum atomic E-state index is 14.2. The molecule has 0 spiro atoms. The Balaban J connectivity index is 1.52. The largest absolute Gasteiger partial charge is 0.481 e. The number of hydrogen-bond donors (Lipinski definition) is 3. The summed E-state index contributed by atoms with van der Waals surface area (Å²) in [6, 6.07) is 1.00. The second-order valence-electron chi connectivity index (χ2n) is 11.7. The van der Waals surface area contributed by atoms with E-state index in [0.29, 0.717) is 6.42 Å². The summed E-state index contributed by atoms with van der Waals surface area (Å²) in [4.78, 5) is 79.5. The van der Waals surface area contributed by atoms with Crippen molar-refractivity contribution in [2.24, 2.45) is 0 Å². The van der Waals surface area contributed by atoms with Crippen LogP contribution in [-0.4, -0.2) is 136 Å². The van der Waals surface area contributed by atoms with E-state index in [2.05, 4.69) is 10.4 Å². The van der Waals surface area contributed by atoms with E-state index in [1.54, 1.807) is 12.2 Å². The van der Waals surface area contributed by atoms with Gasteiger partial charge in [-0.1, -0.05) is 0 Å². The molecule has 2 aromatic rings. The van der Waals surface area contributed by atoms with Gasteiger partial charge in [0.15, 0.2) is 23.9 Å². The van der Waals surface area contributed by atoms with Crippen LogP contribution in [0.4, 0.5) is 26.7 Å². The van der Waals surface area contributed by atoms with Crippen LogP contribution < -0.4 is 15.4 Å². The average Bonchev–Trinajstić information content (AvgIpc) is 3.77. The standard InChI is InChI=1S/C31H36F5N7O9/c1-2-51-30(50)41-12-10-40(11-13-41)29(49)21(7-8-26(45)46)38-27(47)22-15-25(43(39-22)18-5-6-19(32)20(33)14-18)52-16-24(44)42-9-3-4-23(42)28(48)37-17-31(34,35)36/h5-6,14-15,21,23H,2-4,7-13,16-17H2,1H3,(H,37,48)(H,38,47)(H,45,46)/t21-,23-/m0/s1. The van der Waals surface area contributed by atoms with Gasteiger partial charge in [-0.3, -0.25) is 24.0 Å². The molecule has 2 aliphatic rings. The third-order valence-corrected chi connectivity index (χ3v) is 8.11. The molecule has 21 heteroatoms. The number of benzene rings is 1. The summed E-state index contributed by atoms with van der Waals surface area (Å²) in [6.45, 7) is -0.190. The number of amides is 5. The first-order valence-electron chi connectivity index (χ1n) is 16.1. The quantitative estimate of drug-likeness (QED) is 0.253. The van der Waals surface area contributed by atoms with E-state index < -0.39 is 90.9 Å². The summed E-state index contributed by atoms with van der Waals surface area (Å²) < 4.78 is 77.2. The number of piperazine rings is 1. The summed E-state index contributed by atoms with van der Waals surface area (Å²) in [5.74, 6) is -7.58. The lowest BCUT2D eigenvalue weighted by molar-refractivity contribution is -0.145. The minimum Gasteiger partial charge on any atom is -0.481 e. The van der Waals surface area contributed by atoms with E-state index >= 15 is 0 Å². The maximum absolute atomic E-state index is 14.2. The molecule has 5 amide bonds. The molecule has 284 valence electrons. The number of alkyl halides is 3. The second-order valence-corrected chi connectivity index (χ2v) is 11.7. The van der Waals surface area contributed by atoms with E-state index in [-0.39, 0.29) is 63.7 Å². The normalized spacial score (nSPS) is 16.7. The molecule has 2 atom stereocenters. The van der Waals surface area contributed by atoms with Crippen LogP contribution >= 0.6 is 0 Å². The Morgan fingerprint density at radius 1 is 1.00 bits per heavy atom. The molecule has 4 rings (SSSR count). The molecule has 1 aromatic carbocycles. The molecule has 2 fully saturated rings. The third-order valence-electron chi connectivity index (χ3n) is 8.11. The van der Waals surface area contributed by atoms with Crippen molar-refractivity contribution < 1.29 is 65.3 Å². The van der Waals surface area contributed by atoms with Gasteiger partial charge in [-0.25, -0.2) is 18.3 Å². The van der Waals surface area contributed by atoms with Gasteiger partial charge in [0.1, 0.15) is 18.6 Å². The molecule has 52 heavy (non-hydrogen) atoms. The molecule has 0 aliphatic carbocycles. The van der Waals surface area contributed by atoms with Crippen LogP contribution in [0.15, 0.2) is 24.3 Å². The van der Waals surface area contributed by atoms with Gasteiger partial charge in [-0.2, -0.15) is 18.3 Å². The van der Waals surface area contributed by atoms with E-state index in [1.807, 2.05) is 0 Å². The lowest BCUT2D eigenvalue weighted by Gasteiger charge is -2.35. The Labute approximate surface area is 292 Å². The number of nitrogens with one attached hydrogen (secondary N) is 2. The van der Waals surface area contributed by atoms with Gasteiger partial charge in [0.25, 0.3) is 11.8 Å². The van der Waals surface area contributed by atoms with Crippen LogP contribution in [-0.2, 0) is 23.9 Å². The van der Waals surface area contributed by atoms with Crippen molar-refractivity contribution in [2.75, 3.05) is 52.5 Å². The van der Waals surface area contributed by atoms with Gasteiger partial charge in [0.2, 0.25) is 17.7 Å². The van der Waals surface area contributed by atoms with Crippen LogP contribution in [0, 0.1) is 11.6 Å². The van der Waals surface area contributed by atoms with Gasteiger partial charge in [-0.15, -0.1) is 0 Å². The fourth-order valence-electron chi connectivity index (χ4n) is 5.54. The highest BCUT2D eigenvalue weighted by molar-refractivity contribution is 5.96. The van der Waals surface area contributed by atoms with E-state index in [4.69, 9.17) is 9.47 Å². The van der Waals surface area contributed by atoms with E-state index in [0.717, 1.165) is 33.8 Å². The summed E-state index contributed by atoms with van der Waals surface area (Å²) in [6.07, 6.45) is -5.66. The minimum atomic E-state index is -4.67. The fourth-order valence-corrected chi connectivity index (χ4v) is 5.54. The SMILES string of the molecule is CCOC(=O)N1CCN(C(=O)[C@H](CCC(=O)O)NC(=O)c2cc(OCC(=O)N3CCC[C@H]3C(=O)NCC(F)(F)F)n(-c3ccc(F)c(F)c3)n2)CC1. The van der Waals surface area contributed by atoms with E-state index in [1.165, 1.54) is 9.80 Å². The first-order valence-corrected chi connectivity index (χ1v) is 16.1. The monoisotopic (exact) mass is 745 g/mol. The van der Waals surface area contributed by atoms with Crippen LogP contribution in [0.3, 0.4) is 0 Å². The number of hydrogen-bond acceptors (Lipinski definition) is 9. The van der Waals surface area contributed by atoms with Crippen molar-refractivity contribution in [3.63, 3.8) is 0 Å². The number of ether oxygens (including phenoxy) is 2. The lowest BCUT2D eigenvalue weighted by Crippen LogP contribution is -2.56. The molecule has 2 aliphatic heterocycles. The molecule has 16 nitrogen and oxygen atoms in total. The molecule has 0 bridgehead atoms. The number of carbonyl (C=O) groups excluding carboxylic acids is 5. The third kappa shape index (κ3) is 10.3. The molecule has 2 saturated heterocycles. The molecule has 3 N–H and O–H groups in total. The van der Waals surface area contributed by atoms with Crippen LogP contribution in [0.2, 0.25) is 0 Å². The first-order chi connectivity index (χ1) is 24.6. The molecular weight excluding hydrogens is 709 g/mol. The topological polar surface area (TPSA) is 193 Å². The zero-order valence-corrected chi connectivity index (χ0v) is 27.8. The van der Waals surface area contributed by atoms with Gasteiger partial charge in [0.05, 0.1) is 12.3 Å². The van der Waals surface area contributed by atoms with Crippen LogP contribution in [0.25, 0.3) is 5.69 Å². The number of carbonyl (C=O) groups is 6. The highest BCUT2D eigenvalue weighted by atomic mass is 19.4. The summed E-state index contributed by atoms with van der Waals surface area (Å²) in [5, 5.41) is 17.5. The van der Waals surface area contributed by atoms with Crippen LogP contribution in [0.1, 0.15) is 43.1 Å². The molecular formula is C31H36F5N7O9. The predicted octanol–water partition coefficient (Wildman–Crippen LogP) is 1.46. The van der Waals surface area contributed by atoms with Crippen molar-refractivity contribution >= 4 is 35.7 Å². The maximum Gasteiger partial charge on any atom is 0.409 e. The first kappa shape index (κ1) is 39.3. The summed E-state index contributed by atoms with van der Waals surface area (Å²) >= 11 is 0. The number of carboxylic acid groups (broad SMARTS) is 1. The molecule has 3 heterocycles. The Hall–Kier alpha value is -5.50. The minimum absolute atomic E-state index is 0.0338. The summed E-state index contributed by atoms with van der Waals surface area (Å²) in [5.41, 5.74) is -0.609. The van der Waals surface area contributed by atoms with Crippen molar-refractivity contribution in [2.45, 2.75) is 50.9 Å². The van der Waals surface area contributed by atoms with E-state index in [9.17, 15) is 55.8 Å². The number of carboxylic acids is 1. The predicted molar refractivity (Wildman–Crippen MR) is 166 cm³/mol. The zero-order valence-electron chi connectivity index (χ0n) is 27.8. The highest BCUT2D eigenvalue weighted by Crippen LogP contribution is 2.24. The Bertz CT molecular complexity index is 1660. The number of nitrogens with zero attached hydrogens (tertiary/aromatic N) is 5. The van der Waals surface area contributed by atoms with Crippen molar-refractivity contribution in [3.8, 4) is 11.6 Å². The molecule has 1 aromatic heterocycles. The zero-order chi connectivity index (χ0) is 38.2. The molecule has 0 radical (unpaired) electrons. The smallest absolute Gasteiger partial charge is 0.409 e. The van der Waals surface area contributed by atoms with Crippen molar-refractivity contribution in [1.29, 1.82) is 0 Å². The highest BCUT2D eigenvalue weighted by Gasteiger charge is 2.37. The van der Waals surface area contributed by atoms with Gasteiger partial charge >= 0.3 is 18.2 Å². The summed E-state index contributed by atoms with van der Waals surface area (Å²) in [7, 11) is 0. The van der Waals surface area contributed by atoms with Crippen LogP contribution in [0.5, 0.6) is 5.88 Å². The van der Waals surface area contributed by atoms with Crippen molar-refractivity contribution in [3.05, 3.63) is 41.6 Å². The number of likely N-dealkylation sites (tertiary alicyclic amines) is 1. The van der Waals surface area contributed by atoms with Gasteiger partial charge < -0.3 is 39.9 Å². The Morgan fingerprint density at radius 3 is 2.33 bits per heavy atom. The fraction of sp³-hybridized carbons (Fsp3) is 0.516. The second kappa shape index (κ2) is 17.1. The number of aliphatic carboxylic acids is 1. The Morgan fingerprint density at radius 2 is 1.69 bits per heavy atom. The van der Waals surface area contributed by atoms with Crippen molar-refractivity contribution in [1.82, 2.24) is 35.1 Å². The number of rotatable bonds is 13. The average molecular weight is 746 g/mol. The number of halogens is 5. The van der Waals surface area contributed by atoms with Gasteiger partial charge in [-0.05, 0) is 38.3 Å². The Kier molecular flexibility index (Phi) is 13.0. The van der Waals surface area contributed by atoms with Gasteiger partial charge in [0, 0.05) is 51.3 Å². The molecule has 0 unspecified atom stereocenters. The molecule has 0 saturated carbocycles. The lowest BCUT2D eigenvalue weighted by atomic mass is 10.1.